The van der Waals surface area contributed by atoms with Crippen LogP contribution in [0.15, 0.2) is 35.0 Å². The Morgan fingerprint density at radius 3 is 2.81 bits per heavy atom. The number of carbonyl (C=O) groups excluding carboxylic acids is 1. The van der Waals surface area contributed by atoms with Crippen LogP contribution in [0.5, 0.6) is 5.75 Å². The fraction of sp³-hybridized carbons (Fsp3) is 0.440. The summed E-state index contributed by atoms with van der Waals surface area (Å²) in [4.78, 5) is 24.8. The quantitative estimate of drug-likeness (QED) is 0.540. The topological polar surface area (TPSA) is 81.4 Å². The maximum absolute atomic E-state index is 13.4. The highest BCUT2D eigenvalue weighted by Gasteiger charge is 2.34. The SMILES string of the molecule is CCCc1ncc(-c2onc(C)c2C)c(C2CCCN2C(=O)Cc2ccccc2OC)n1. The van der Waals surface area contributed by atoms with Crippen LogP contribution in [0, 0.1) is 13.8 Å². The summed E-state index contributed by atoms with van der Waals surface area (Å²) in [5.41, 5.74) is 4.39. The Hall–Kier alpha value is -3.22. The molecule has 1 amide bonds. The molecule has 1 unspecified atom stereocenters. The van der Waals surface area contributed by atoms with Crippen LogP contribution in [-0.4, -0.2) is 39.6 Å². The number of ether oxygens (including phenoxy) is 1. The molecule has 3 heterocycles. The summed E-state index contributed by atoms with van der Waals surface area (Å²) in [5, 5.41) is 4.12. The minimum Gasteiger partial charge on any atom is -0.496 e. The smallest absolute Gasteiger partial charge is 0.227 e. The van der Waals surface area contributed by atoms with Gasteiger partial charge in [-0.2, -0.15) is 0 Å². The minimum atomic E-state index is -0.115. The van der Waals surface area contributed by atoms with Crippen LogP contribution in [0.2, 0.25) is 0 Å². The fourth-order valence-electron chi connectivity index (χ4n) is 4.34. The molecule has 1 fully saturated rings. The van der Waals surface area contributed by atoms with Gasteiger partial charge in [-0.1, -0.05) is 30.3 Å². The first-order valence-electron chi connectivity index (χ1n) is 11.2. The number of carbonyl (C=O) groups is 1. The molecule has 0 N–H and O–H groups in total. The molecule has 1 atom stereocenters. The zero-order chi connectivity index (χ0) is 22.7. The lowest BCUT2D eigenvalue weighted by atomic mass is 10.0. The van der Waals surface area contributed by atoms with Crippen molar-refractivity contribution in [2.75, 3.05) is 13.7 Å². The van der Waals surface area contributed by atoms with Gasteiger partial charge in [0, 0.05) is 30.3 Å². The van der Waals surface area contributed by atoms with E-state index in [0.717, 1.165) is 65.3 Å². The van der Waals surface area contributed by atoms with Gasteiger partial charge >= 0.3 is 0 Å². The van der Waals surface area contributed by atoms with E-state index in [9.17, 15) is 4.79 Å². The van der Waals surface area contributed by atoms with Crippen LogP contribution in [0.3, 0.4) is 0 Å². The number of nitrogens with zero attached hydrogens (tertiary/aromatic N) is 4. The molecule has 0 bridgehead atoms. The zero-order valence-corrected chi connectivity index (χ0v) is 19.2. The predicted octanol–water partition coefficient (Wildman–Crippen LogP) is 4.62. The first-order chi connectivity index (χ1) is 15.5. The van der Waals surface area contributed by atoms with Gasteiger partial charge in [-0.05, 0) is 39.2 Å². The number of hydrogen-bond acceptors (Lipinski definition) is 6. The van der Waals surface area contributed by atoms with Gasteiger partial charge < -0.3 is 14.2 Å². The Morgan fingerprint density at radius 2 is 2.09 bits per heavy atom. The number of hydrogen-bond donors (Lipinski definition) is 0. The van der Waals surface area contributed by atoms with Gasteiger partial charge in [0.2, 0.25) is 5.91 Å². The van der Waals surface area contributed by atoms with Crippen molar-refractivity contribution in [2.24, 2.45) is 0 Å². The summed E-state index contributed by atoms with van der Waals surface area (Å²) in [6.07, 6.45) is 5.68. The van der Waals surface area contributed by atoms with Crippen LogP contribution in [0.4, 0.5) is 0 Å². The number of methoxy groups -OCH3 is 1. The van der Waals surface area contributed by atoms with E-state index in [0.29, 0.717) is 18.7 Å². The highest BCUT2D eigenvalue weighted by Crippen LogP contribution is 2.38. The lowest BCUT2D eigenvalue weighted by Gasteiger charge is -2.26. The van der Waals surface area contributed by atoms with Crippen LogP contribution in [0.25, 0.3) is 11.3 Å². The van der Waals surface area contributed by atoms with E-state index in [4.69, 9.17) is 14.2 Å². The standard InChI is InChI=1S/C25H30N4O3/c1-5-9-22-26-15-19(25-16(2)17(3)28-32-25)24(27-22)20-11-8-13-29(20)23(30)14-18-10-6-7-12-21(18)31-4/h6-7,10,12,15,20H,5,8-9,11,13-14H2,1-4H3. The number of likely N-dealkylation sites (tertiary alicyclic amines) is 1. The zero-order valence-electron chi connectivity index (χ0n) is 19.2. The van der Waals surface area contributed by atoms with Crippen molar-refractivity contribution in [2.45, 2.75) is 58.9 Å². The van der Waals surface area contributed by atoms with Crippen molar-refractivity contribution in [1.82, 2.24) is 20.0 Å². The Labute approximate surface area is 188 Å². The average molecular weight is 435 g/mol. The van der Waals surface area contributed by atoms with E-state index in [1.807, 2.05) is 49.2 Å². The second-order valence-electron chi connectivity index (χ2n) is 8.29. The summed E-state index contributed by atoms with van der Waals surface area (Å²) >= 11 is 0. The third kappa shape index (κ3) is 4.24. The van der Waals surface area contributed by atoms with E-state index >= 15 is 0 Å². The van der Waals surface area contributed by atoms with Crippen LogP contribution in [-0.2, 0) is 17.6 Å². The summed E-state index contributed by atoms with van der Waals surface area (Å²) in [6, 6.07) is 7.56. The van der Waals surface area contributed by atoms with Gasteiger partial charge in [0.1, 0.15) is 11.6 Å². The van der Waals surface area contributed by atoms with Crippen molar-refractivity contribution < 1.29 is 14.1 Å². The van der Waals surface area contributed by atoms with Gasteiger partial charge in [-0.15, -0.1) is 0 Å². The molecular formula is C25H30N4O3. The second-order valence-corrected chi connectivity index (χ2v) is 8.29. The molecule has 168 valence electrons. The number of rotatable bonds is 7. The van der Waals surface area contributed by atoms with Gasteiger partial charge in [-0.25, -0.2) is 9.97 Å². The third-order valence-electron chi connectivity index (χ3n) is 6.17. The Bertz CT molecular complexity index is 1110. The van der Waals surface area contributed by atoms with Crippen molar-refractivity contribution in [3.63, 3.8) is 0 Å². The molecule has 0 aliphatic carbocycles. The molecule has 7 nitrogen and oxygen atoms in total. The number of aromatic nitrogens is 3. The van der Waals surface area contributed by atoms with E-state index in [1.54, 1.807) is 7.11 Å². The highest BCUT2D eigenvalue weighted by molar-refractivity contribution is 5.80. The maximum atomic E-state index is 13.4. The van der Waals surface area contributed by atoms with Gasteiger partial charge in [-0.3, -0.25) is 4.79 Å². The molecule has 1 aromatic carbocycles. The lowest BCUT2D eigenvalue weighted by Crippen LogP contribution is -2.32. The first kappa shape index (κ1) is 22.0. The van der Waals surface area contributed by atoms with E-state index in [2.05, 4.69) is 17.1 Å². The fourth-order valence-corrected chi connectivity index (χ4v) is 4.34. The van der Waals surface area contributed by atoms with Crippen molar-refractivity contribution >= 4 is 5.91 Å². The molecule has 1 aliphatic heterocycles. The predicted molar refractivity (Wildman–Crippen MR) is 121 cm³/mol. The second kappa shape index (κ2) is 9.51. The Morgan fingerprint density at radius 1 is 1.28 bits per heavy atom. The van der Waals surface area contributed by atoms with Gasteiger partial charge in [0.25, 0.3) is 0 Å². The van der Waals surface area contributed by atoms with E-state index in [-0.39, 0.29) is 11.9 Å². The van der Waals surface area contributed by atoms with Crippen LogP contribution >= 0.6 is 0 Å². The molecule has 0 saturated carbocycles. The third-order valence-corrected chi connectivity index (χ3v) is 6.17. The van der Waals surface area contributed by atoms with Crippen molar-refractivity contribution in [3.8, 4) is 17.1 Å². The molecule has 3 aromatic rings. The summed E-state index contributed by atoms with van der Waals surface area (Å²) in [5.74, 6) is 2.29. The van der Waals surface area contributed by atoms with E-state index < -0.39 is 0 Å². The van der Waals surface area contributed by atoms with Crippen LogP contribution in [0.1, 0.15) is 60.6 Å². The summed E-state index contributed by atoms with van der Waals surface area (Å²) in [6.45, 7) is 6.73. The minimum absolute atomic E-state index is 0.0732. The van der Waals surface area contributed by atoms with Gasteiger partial charge in [0.15, 0.2) is 5.76 Å². The number of benzene rings is 1. The first-order valence-corrected chi connectivity index (χ1v) is 11.2. The molecule has 32 heavy (non-hydrogen) atoms. The van der Waals surface area contributed by atoms with Crippen LogP contribution < -0.4 is 4.74 Å². The maximum Gasteiger partial charge on any atom is 0.227 e. The normalized spacial score (nSPS) is 15.9. The molecule has 0 spiro atoms. The molecular weight excluding hydrogens is 404 g/mol. The Kier molecular flexibility index (Phi) is 6.53. The number of amides is 1. The molecule has 7 heteroatoms. The molecule has 2 aromatic heterocycles. The number of para-hydroxylation sites is 1. The van der Waals surface area contributed by atoms with Gasteiger partial charge in [0.05, 0.1) is 36.5 Å². The average Bonchev–Trinajstić information content (AvgIpc) is 3.42. The molecule has 1 saturated heterocycles. The molecule has 0 radical (unpaired) electrons. The highest BCUT2D eigenvalue weighted by atomic mass is 16.5. The summed E-state index contributed by atoms with van der Waals surface area (Å²) < 4.78 is 11.1. The molecule has 1 aliphatic rings. The Balaban J connectivity index is 1.70. The van der Waals surface area contributed by atoms with E-state index in [1.165, 1.54) is 0 Å². The summed E-state index contributed by atoms with van der Waals surface area (Å²) in [7, 11) is 1.63. The van der Waals surface area contributed by atoms with Crippen molar-refractivity contribution in [1.29, 1.82) is 0 Å². The van der Waals surface area contributed by atoms with Crippen molar-refractivity contribution in [3.05, 3.63) is 58.8 Å². The monoisotopic (exact) mass is 434 g/mol. The largest absolute Gasteiger partial charge is 0.496 e. The lowest BCUT2D eigenvalue weighted by molar-refractivity contribution is -0.131. The molecule has 4 rings (SSSR count). The number of aryl methyl sites for hydroxylation is 2.